The number of anilines is 1. The molecule has 0 saturated carbocycles. The summed E-state index contributed by atoms with van der Waals surface area (Å²) >= 11 is 5.85. The molecule has 0 bridgehead atoms. The van der Waals surface area contributed by atoms with Gasteiger partial charge in [0, 0.05) is 23.8 Å². The lowest BCUT2D eigenvalue weighted by Crippen LogP contribution is -2.47. The average Bonchev–Trinajstić information content (AvgIpc) is 2.67. The summed E-state index contributed by atoms with van der Waals surface area (Å²) in [5.41, 5.74) is 3.42. The van der Waals surface area contributed by atoms with Gasteiger partial charge in [0.1, 0.15) is 5.75 Å². The summed E-state index contributed by atoms with van der Waals surface area (Å²) in [6, 6.07) is 17.0. The van der Waals surface area contributed by atoms with Crippen molar-refractivity contribution in [2.24, 2.45) is 0 Å². The van der Waals surface area contributed by atoms with Gasteiger partial charge in [-0.1, -0.05) is 30.3 Å². The van der Waals surface area contributed by atoms with Gasteiger partial charge in [-0.2, -0.15) is 0 Å². The summed E-state index contributed by atoms with van der Waals surface area (Å²) in [6.45, 7) is 5.04. The molecule has 0 radical (unpaired) electrons. The van der Waals surface area contributed by atoms with Gasteiger partial charge in [-0.15, -0.1) is 0 Å². The van der Waals surface area contributed by atoms with E-state index in [1.54, 1.807) is 7.11 Å². The van der Waals surface area contributed by atoms with Crippen molar-refractivity contribution in [2.75, 3.05) is 32.6 Å². The maximum Gasteiger partial charge on any atom is 0.173 e. The molecule has 1 aliphatic heterocycles. The lowest BCUT2D eigenvalue weighted by molar-refractivity contribution is 0.173. The molecule has 144 valence electrons. The highest BCUT2D eigenvalue weighted by Gasteiger charge is 2.26. The Morgan fingerprint density at radius 3 is 2.63 bits per heavy atom. The van der Waals surface area contributed by atoms with Crippen molar-refractivity contribution in [1.29, 1.82) is 0 Å². The number of aryl methyl sites for hydroxylation is 1. The van der Waals surface area contributed by atoms with E-state index in [9.17, 15) is 0 Å². The highest BCUT2D eigenvalue weighted by molar-refractivity contribution is 7.80. The third-order valence-electron chi connectivity index (χ3n) is 5.19. The van der Waals surface area contributed by atoms with E-state index in [4.69, 9.17) is 17.0 Å². The number of hydrogen-bond acceptors (Lipinski definition) is 3. The number of benzene rings is 2. The number of nitrogens with zero attached hydrogens (tertiary/aromatic N) is 2. The molecule has 1 N–H and O–H groups in total. The minimum Gasteiger partial charge on any atom is -0.496 e. The molecule has 1 fully saturated rings. The van der Waals surface area contributed by atoms with Crippen molar-refractivity contribution >= 4 is 23.0 Å². The second-order valence-electron chi connectivity index (χ2n) is 7.27. The molecule has 2 aromatic carbocycles. The smallest absolute Gasteiger partial charge is 0.173 e. The Morgan fingerprint density at radius 2 is 1.93 bits per heavy atom. The average molecular weight is 384 g/mol. The largest absolute Gasteiger partial charge is 0.496 e. The van der Waals surface area contributed by atoms with Crippen LogP contribution in [0.3, 0.4) is 0 Å². The van der Waals surface area contributed by atoms with E-state index in [0.717, 1.165) is 54.6 Å². The van der Waals surface area contributed by atoms with Crippen molar-refractivity contribution in [3.63, 3.8) is 0 Å². The summed E-state index contributed by atoms with van der Waals surface area (Å²) in [7, 11) is 3.91. The first-order chi connectivity index (χ1) is 13.1. The number of piperidine rings is 1. The maximum atomic E-state index is 5.85. The molecule has 0 amide bonds. The zero-order valence-electron chi connectivity index (χ0n) is 16.4. The zero-order valence-corrected chi connectivity index (χ0v) is 17.3. The monoisotopic (exact) mass is 383 g/mol. The van der Waals surface area contributed by atoms with Gasteiger partial charge >= 0.3 is 0 Å². The predicted octanol–water partition coefficient (Wildman–Crippen LogP) is 4.30. The molecule has 5 heteroatoms. The summed E-state index contributed by atoms with van der Waals surface area (Å²) < 4.78 is 5.57. The first-order valence-electron chi connectivity index (χ1n) is 9.51. The third-order valence-corrected chi connectivity index (χ3v) is 5.53. The molecule has 4 nitrogen and oxygen atoms in total. The summed E-state index contributed by atoms with van der Waals surface area (Å²) in [4.78, 5) is 4.72. The zero-order chi connectivity index (χ0) is 19.2. The van der Waals surface area contributed by atoms with Gasteiger partial charge in [-0.3, -0.25) is 0 Å². The normalized spacial score (nSPS) is 15.4. The van der Waals surface area contributed by atoms with Crippen LogP contribution in [0.1, 0.15) is 24.0 Å². The SMILES string of the molecule is COc1ccccc1CN(C(=S)Nc1cccc(C)c1)C1CCN(C)CC1. The number of para-hydroxylation sites is 1. The van der Waals surface area contributed by atoms with E-state index >= 15 is 0 Å². The van der Waals surface area contributed by atoms with Gasteiger partial charge in [0.05, 0.1) is 7.11 Å². The Bertz CT molecular complexity index is 772. The van der Waals surface area contributed by atoms with Crippen LogP contribution in [0.5, 0.6) is 5.75 Å². The van der Waals surface area contributed by atoms with Crippen molar-refractivity contribution in [2.45, 2.75) is 32.4 Å². The fourth-order valence-electron chi connectivity index (χ4n) is 3.61. The van der Waals surface area contributed by atoms with Crippen molar-refractivity contribution in [3.8, 4) is 5.75 Å². The molecule has 27 heavy (non-hydrogen) atoms. The molecule has 2 aromatic rings. The van der Waals surface area contributed by atoms with Crippen LogP contribution < -0.4 is 10.1 Å². The van der Waals surface area contributed by atoms with Crippen LogP contribution >= 0.6 is 12.2 Å². The molecule has 1 saturated heterocycles. The number of likely N-dealkylation sites (tertiary alicyclic amines) is 1. The standard InChI is InChI=1S/C22H29N3OS/c1-17-7-6-9-19(15-17)23-22(27)25(20-11-13-24(2)14-12-20)16-18-8-4-5-10-21(18)26-3/h4-10,15,20H,11-14,16H2,1-3H3,(H,23,27). The number of ether oxygens (including phenoxy) is 1. The number of thiocarbonyl (C=S) groups is 1. The number of methoxy groups -OCH3 is 1. The van der Waals surface area contributed by atoms with Crippen LogP contribution in [-0.4, -0.2) is 48.2 Å². The summed E-state index contributed by atoms with van der Waals surface area (Å²) in [5.74, 6) is 0.911. The molecule has 0 aliphatic carbocycles. The Hall–Kier alpha value is -2.11. The fraction of sp³-hybridized carbons (Fsp3) is 0.409. The topological polar surface area (TPSA) is 27.7 Å². The molecule has 3 rings (SSSR count). The van der Waals surface area contributed by atoms with Crippen LogP contribution in [0.4, 0.5) is 5.69 Å². The van der Waals surface area contributed by atoms with Gasteiger partial charge in [0.2, 0.25) is 0 Å². The minimum atomic E-state index is 0.427. The second kappa shape index (κ2) is 9.20. The van der Waals surface area contributed by atoms with Crippen molar-refractivity contribution < 1.29 is 4.74 Å². The van der Waals surface area contributed by atoms with E-state index < -0.39 is 0 Å². The highest BCUT2D eigenvalue weighted by Crippen LogP contribution is 2.25. The van der Waals surface area contributed by atoms with Crippen LogP contribution in [0.2, 0.25) is 0 Å². The Balaban J connectivity index is 1.81. The number of nitrogens with one attached hydrogen (secondary N) is 1. The molecule has 0 atom stereocenters. The Labute approximate surface area is 168 Å². The first kappa shape index (κ1) is 19.6. The van der Waals surface area contributed by atoms with Crippen molar-refractivity contribution in [1.82, 2.24) is 9.80 Å². The molecule has 1 aliphatic rings. The minimum absolute atomic E-state index is 0.427. The lowest BCUT2D eigenvalue weighted by atomic mass is 10.0. The quantitative estimate of drug-likeness (QED) is 0.777. The van der Waals surface area contributed by atoms with E-state index in [1.165, 1.54) is 5.56 Å². The molecular weight excluding hydrogens is 354 g/mol. The van der Waals surface area contributed by atoms with E-state index in [0.29, 0.717) is 6.04 Å². The summed E-state index contributed by atoms with van der Waals surface area (Å²) in [6.07, 6.45) is 2.22. The molecule has 0 unspecified atom stereocenters. The van der Waals surface area contributed by atoms with E-state index in [2.05, 4.69) is 65.5 Å². The molecule has 0 aromatic heterocycles. The third kappa shape index (κ3) is 5.21. The van der Waals surface area contributed by atoms with Gasteiger partial charge in [-0.05, 0) is 75.9 Å². The lowest BCUT2D eigenvalue weighted by Gasteiger charge is -2.39. The Kier molecular flexibility index (Phi) is 6.69. The predicted molar refractivity (Wildman–Crippen MR) is 116 cm³/mol. The molecular formula is C22H29N3OS. The van der Waals surface area contributed by atoms with Crippen molar-refractivity contribution in [3.05, 3.63) is 59.7 Å². The highest BCUT2D eigenvalue weighted by atomic mass is 32.1. The van der Waals surface area contributed by atoms with Gasteiger partial charge in [0.15, 0.2) is 5.11 Å². The fourth-order valence-corrected chi connectivity index (χ4v) is 3.94. The van der Waals surface area contributed by atoms with Gasteiger partial charge in [-0.25, -0.2) is 0 Å². The second-order valence-corrected chi connectivity index (χ2v) is 7.66. The van der Waals surface area contributed by atoms with Gasteiger partial charge < -0.3 is 19.9 Å². The van der Waals surface area contributed by atoms with Crippen LogP contribution in [0, 0.1) is 6.92 Å². The van der Waals surface area contributed by atoms with E-state index in [-0.39, 0.29) is 0 Å². The first-order valence-corrected chi connectivity index (χ1v) is 9.92. The van der Waals surface area contributed by atoms with Crippen LogP contribution in [-0.2, 0) is 6.54 Å². The Morgan fingerprint density at radius 1 is 1.19 bits per heavy atom. The molecule has 1 heterocycles. The van der Waals surface area contributed by atoms with Crippen LogP contribution in [0.25, 0.3) is 0 Å². The summed E-state index contributed by atoms with van der Waals surface area (Å²) in [5, 5.41) is 4.23. The van der Waals surface area contributed by atoms with Crippen LogP contribution in [0.15, 0.2) is 48.5 Å². The van der Waals surface area contributed by atoms with Gasteiger partial charge in [0.25, 0.3) is 0 Å². The maximum absolute atomic E-state index is 5.85. The van der Waals surface area contributed by atoms with E-state index in [1.807, 2.05) is 12.1 Å². The number of hydrogen-bond donors (Lipinski definition) is 1. The number of rotatable bonds is 5. The molecule has 0 spiro atoms.